The second kappa shape index (κ2) is 24.6. The van der Waals surface area contributed by atoms with Crippen LogP contribution in [-0.4, -0.2) is 148 Å². The third-order valence-corrected chi connectivity index (χ3v) is 8.80. The Balaban J connectivity index is 5.52. The van der Waals surface area contributed by atoms with Gasteiger partial charge in [-0.15, -0.1) is 0 Å². The largest absolute Gasteiger partial charge is 0.379 e. The maximum atomic E-state index is 13.3. The number of rotatable bonds is 23. The first-order valence-corrected chi connectivity index (χ1v) is 18.2. The summed E-state index contributed by atoms with van der Waals surface area (Å²) < 4.78 is 15.7. The highest BCUT2D eigenvalue weighted by molar-refractivity contribution is 5.98. The van der Waals surface area contributed by atoms with Gasteiger partial charge in [0.05, 0.1) is 18.3 Å². The van der Waals surface area contributed by atoms with Crippen molar-refractivity contribution in [1.82, 2.24) is 47.9 Å². The van der Waals surface area contributed by atoms with Crippen molar-refractivity contribution in [3.63, 3.8) is 0 Å². The lowest BCUT2D eigenvalue weighted by atomic mass is 10.1. The molecule has 0 radical (unpaired) electrons. The van der Waals surface area contributed by atoms with Crippen molar-refractivity contribution in [3.05, 3.63) is 0 Å². The summed E-state index contributed by atoms with van der Waals surface area (Å²) in [6.45, 7) is 14.8. The molecule has 21 nitrogen and oxygen atoms in total. The topological polar surface area (TPSA) is 290 Å². The molecule has 9 N–H and O–H groups in total. The number of carbonyl (C=O) groups excluding carboxylic acids is 9. The fourth-order valence-electron chi connectivity index (χ4n) is 4.60. The molecular formula is C35H63N9O12. The van der Waals surface area contributed by atoms with Crippen LogP contribution >= 0.6 is 0 Å². The van der Waals surface area contributed by atoms with Crippen molar-refractivity contribution in [2.75, 3.05) is 28.4 Å². The summed E-state index contributed by atoms with van der Waals surface area (Å²) in [6.07, 6.45) is -2.47. The first kappa shape index (κ1) is 51.1. The van der Waals surface area contributed by atoms with Gasteiger partial charge in [-0.2, -0.15) is 0 Å². The predicted molar refractivity (Wildman–Crippen MR) is 202 cm³/mol. The van der Waals surface area contributed by atoms with Gasteiger partial charge in [-0.25, -0.2) is 0 Å². The predicted octanol–water partition coefficient (Wildman–Crippen LogP) is -3.53. The molecule has 0 heterocycles. The zero-order valence-corrected chi connectivity index (χ0v) is 34.8. The van der Waals surface area contributed by atoms with Crippen LogP contribution in [-0.2, 0) is 57.4 Å². The van der Waals surface area contributed by atoms with Crippen molar-refractivity contribution < 1.29 is 57.4 Å². The minimum absolute atomic E-state index is 0.395. The Morgan fingerprint density at radius 2 is 0.536 bits per heavy atom. The number of nitrogens with one attached hydrogen (secondary N) is 9. The van der Waals surface area contributed by atoms with Crippen molar-refractivity contribution in [1.29, 1.82) is 0 Å². The van der Waals surface area contributed by atoms with E-state index >= 15 is 0 Å². The zero-order valence-electron chi connectivity index (χ0n) is 34.8. The van der Waals surface area contributed by atoms with Crippen LogP contribution in [0, 0.1) is 5.92 Å². The van der Waals surface area contributed by atoms with Crippen LogP contribution < -0.4 is 47.9 Å². The van der Waals surface area contributed by atoms with Crippen LogP contribution in [0.2, 0.25) is 0 Å². The van der Waals surface area contributed by atoms with Crippen LogP contribution in [0.25, 0.3) is 0 Å². The first-order chi connectivity index (χ1) is 26.0. The lowest BCUT2D eigenvalue weighted by molar-refractivity contribution is -0.137. The van der Waals surface area contributed by atoms with E-state index in [2.05, 4.69) is 47.9 Å². The van der Waals surface area contributed by atoms with E-state index < -0.39 is 126 Å². The fourth-order valence-corrected chi connectivity index (χ4v) is 4.60. The molecule has 9 amide bonds. The van der Waals surface area contributed by atoms with Gasteiger partial charge in [-0.3, -0.25) is 43.2 Å². The highest BCUT2D eigenvalue weighted by Gasteiger charge is 2.35. The van der Waals surface area contributed by atoms with Gasteiger partial charge in [-0.05, 0) is 55.4 Å². The molecule has 0 aromatic carbocycles. The van der Waals surface area contributed by atoms with Gasteiger partial charge in [0.1, 0.15) is 48.3 Å². The minimum atomic E-state index is -1.35. The van der Waals surface area contributed by atoms with Gasteiger partial charge in [0.15, 0.2) is 0 Å². The Morgan fingerprint density at radius 3 is 0.768 bits per heavy atom. The SMILES string of the molecule is CNC(=O)[C@H](C)NC(=O)[C@@H](NC(=O)[C@H](C)NC(=O)[C@H](C)NC(=O)[C@@H](NC(=O)[C@H](C)NC(=O)[C@H](C)NC(=O)[C@@H](NC(=O)C(C)C)C(C)OC)C(C)OC)C(C)OC. The molecule has 0 aliphatic heterocycles. The highest BCUT2D eigenvalue weighted by atomic mass is 16.5. The quantitative estimate of drug-likeness (QED) is 0.0486. The second-order valence-corrected chi connectivity index (χ2v) is 13.7. The number of likely N-dealkylation sites (N-methyl/N-ethyl adjacent to an activating group) is 1. The molecule has 0 aliphatic rings. The van der Waals surface area contributed by atoms with Gasteiger partial charge in [-0.1, -0.05) is 13.8 Å². The number of carbonyl (C=O) groups is 9. The van der Waals surface area contributed by atoms with E-state index in [9.17, 15) is 43.2 Å². The Bertz CT molecular complexity index is 1400. The van der Waals surface area contributed by atoms with E-state index in [1.807, 2.05) is 0 Å². The molecule has 0 fully saturated rings. The molecule has 0 spiro atoms. The van der Waals surface area contributed by atoms with Crippen molar-refractivity contribution >= 4 is 53.2 Å². The molecule has 0 rings (SSSR count). The lowest BCUT2D eigenvalue weighted by Gasteiger charge is -2.28. The van der Waals surface area contributed by atoms with E-state index in [4.69, 9.17) is 14.2 Å². The summed E-state index contributed by atoms with van der Waals surface area (Å²) >= 11 is 0. The number of ether oxygens (including phenoxy) is 3. The normalized spacial score (nSPS) is 17.0. The summed E-state index contributed by atoms with van der Waals surface area (Å²) in [6, 6.07) is -9.39. The number of methoxy groups -OCH3 is 3. The Morgan fingerprint density at radius 1 is 0.321 bits per heavy atom. The lowest BCUT2D eigenvalue weighted by Crippen LogP contribution is -2.61. The average molecular weight is 802 g/mol. The second-order valence-electron chi connectivity index (χ2n) is 13.7. The Labute approximate surface area is 328 Å². The molecule has 0 aromatic heterocycles. The van der Waals surface area contributed by atoms with Crippen molar-refractivity contribution in [2.45, 2.75) is 136 Å². The highest BCUT2D eigenvalue weighted by Crippen LogP contribution is 2.05. The zero-order chi connectivity index (χ0) is 43.6. The third-order valence-electron chi connectivity index (χ3n) is 8.80. The van der Waals surface area contributed by atoms with E-state index in [1.54, 1.807) is 20.8 Å². The summed E-state index contributed by atoms with van der Waals surface area (Å²) in [5.74, 6) is -6.58. The van der Waals surface area contributed by atoms with Crippen LogP contribution in [0.15, 0.2) is 0 Å². The molecule has 0 saturated carbocycles. The van der Waals surface area contributed by atoms with Crippen LogP contribution in [0.4, 0.5) is 0 Å². The van der Waals surface area contributed by atoms with E-state index in [-0.39, 0.29) is 0 Å². The van der Waals surface area contributed by atoms with E-state index in [0.29, 0.717) is 0 Å². The Kier molecular flexibility index (Phi) is 22.4. The molecule has 0 saturated heterocycles. The van der Waals surface area contributed by atoms with Crippen LogP contribution in [0.1, 0.15) is 69.2 Å². The van der Waals surface area contributed by atoms with E-state index in [1.165, 1.54) is 76.8 Å². The Hall–Kier alpha value is -4.89. The third kappa shape index (κ3) is 16.5. The van der Waals surface area contributed by atoms with Gasteiger partial charge in [0, 0.05) is 34.3 Å². The molecular weight excluding hydrogens is 738 g/mol. The molecule has 11 atom stereocenters. The van der Waals surface area contributed by atoms with Crippen molar-refractivity contribution in [3.8, 4) is 0 Å². The number of hydrogen-bond acceptors (Lipinski definition) is 12. The van der Waals surface area contributed by atoms with Crippen molar-refractivity contribution in [2.24, 2.45) is 5.92 Å². The number of amides is 9. The number of hydrogen-bond donors (Lipinski definition) is 9. The summed E-state index contributed by atoms with van der Waals surface area (Å²) in [5, 5.41) is 22.3. The van der Waals surface area contributed by atoms with Crippen LogP contribution in [0.5, 0.6) is 0 Å². The average Bonchev–Trinajstić information content (AvgIpc) is 3.15. The molecule has 0 bridgehead atoms. The summed E-state index contributed by atoms with van der Waals surface area (Å²) in [5.41, 5.74) is 0. The first-order valence-electron chi connectivity index (χ1n) is 18.2. The minimum Gasteiger partial charge on any atom is -0.379 e. The fraction of sp³-hybridized carbons (Fsp3) is 0.743. The molecule has 56 heavy (non-hydrogen) atoms. The van der Waals surface area contributed by atoms with Crippen LogP contribution in [0.3, 0.4) is 0 Å². The molecule has 0 aromatic rings. The smallest absolute Gasteiger partial charge is 0.245 e. The van der Waals surface area contributed by atoms with Gasteiger partial charge in [0.25, 0.3) is 0 Å². The maximum absolute atomic E-state index is 13.3. The monoisotopic (exact) mass is 801 g/mol. The van der Waals surface area contributed by atoms with Gasteiger partial charge >= 0.3 is 0 Å². The molecule has 0 aliphatic carbocycles. The summed E-state index contributed by atoms with van der Waals surface area (Å²) in [4.78, 5) is 115. The molecule has 21 heteroatoms. The van der Waals surface area contributed by atoms with E-state index in [0.717, 1.165) is 0 Å². The van der Waals surface area contributed by atoms with Gasteiger partial charge < -0.3 is 62.1 Å². The molecule has 3 unspecified atom stereocenters. The van der Waals surface area contributed by atoms with Gasteiger partial charge in [0.2, 0.25) is 53.2 Å². The standard InChI is InChI=1S/C35H63N9O12/c1-15(2)27(45)42-24(21(8)54-12)33(51)40-17(4)29(47)37-20(7)32(50)44-26(23(10)56-14)35(53)41-18(5)30(48)38-19(6)31(49)43-25(22(9)55-13)34(52)39-16(3)28(46)36-11/h15-26H,1-14H3,(H,36,46)(H,37,47)(H,38,48)(H,39,52)(H,40,51)(H,41,53)(H,42,45)(H,43,49)(H,44,50)/t16-,17-,18-,19-,20-,21?,22?,23?,24-,25-,26-/m0/s1. The molecule has 320 valence electrons. The summed E-state index contributed by atoms with van der Waals surface area (Å²) in [7, 11) is 5.39. The maximum Gasteiger partial charge on any atom is 0.245 e.